The average molecular weight is 310 g/mol. The van der Waals surface area contributed by atoms with E-state index in [-0.39, 0.29) is 0 Å². The van der Waals surface area contributed by atoms with Gasteiger partial charge in [-0.25, -0.2) is 9.97 Å². The van der Waals surface area contributed by atoms with Crippen LogP contribution in [0.1, 0.15) is 70.2 Å². The lowest BCUT2D eigenvalue weighted by atomic mass is 9.81. The molecule has 118 valence electrons. The molecule has 1 aliphatic rings. The lowest BCUT2D eigenvalue weighted by molar-refractivity contribution is 0.278. The zero-order chi connectivity index (χ0) is 15.4. The van der Waals surface area contributed by atoms with Crippen LogP contribution in [0.4, 0.5) is 5.82 Å². The third kappa shape index (κ3) is 4.32. The molecule has 0 amide bonds. The van der Waals surface area contributed by atoms with Crippen LogP contribution in [0.3, 0.4) is 0 Å². The van der Waals surface area contributed by atoms with Crippen LogP contribution in [-0.2, 0) is 0 Å². The minimum absolute atomic E-state index is 0.295. The van der Waals surface area contributed by atoms with Crippen LogP contribution < -0.4 is 5.32 Å². The first-order valence-electron chi connectivity index (χ1n) is 8.29. The highest BCUT2D eigenvalue weighted by Gasteiger charge is 2.20. The molecule has 2 rings (SSSR count). The molecule has 1 fully saturated rings. The Bertz CT molecular complexity index is 465. The predicted molar refractivity (Wildman–Crippen MR) is 90.1 cm³/mol. The van der Waals surface area contributed by atoms with Crippen molar-refractivity contribution in [2.24, 2.45) is 11.8 Å². The standard InChI is InChI=1S/C17H28ClN3/c1-5-13-6-8-14(9-7-13)10-19-17-12(4)15(18)20-16(21-17)11(2)3/h11,13-14H,5-10H2,1-4H3,(H,19,20,21). The number of hydrogen-bond acceptors (Lipinski definition) is 3. The van der Waals surface area contributed by atoms with Gasteiger partial charge in [-0.3, -0.25) is 0 Å². The summed E-state index contributed by atoms with van der Waals surface area (Å²) < 4.78 is 0. The topological polar surface area (TPSA) is 37.8 Å². The van der Waals surface area contributed by atoms with Gasteiger partial charge in [0.05, 0.1) is 0 Å². The van der Waals surface area contributed by atoms with E-state index >= 15 is 0 Å². The van der Waals surface area contributed by atoms with Crippen LogP contribution in [0.5, 0.6) is 0 Å². The monoisotopic (exact) mass is 309 g/mol. The molecule has 1 aromatic rings. The summed E-state index contributed by atoms with van der Waals surface area (Å²) >= 11 is 6.23. The Hall–Kier alpha value is -0.830. The van der Waals surface area contributed by atoms with Gasteiger partial charge in [0.25, 0.3) is 0 Å². The number of aromatic nitrogens is 2. The molecule has 0 bridgehead atoms. The number of rotatable bonds is 5. The maximum atomic E-state index is 6.23. The summed E-state index contributed by atoms with van der Waals surface area (Å²) in [6, 6.07) is 0. The number of nitrogens with one attached hydrogen (secondary N) is 1. The maximum absolute atomic E-state index is 6.23. The molecule has 4 heteroatoms. The van der Waals surface area contributed by atoms with Crippen molar-refractivity contribution in [1.29, 1.82) is 0 Å². The first kappa shape index (κ1) is 16.5. The Morgan fingerprint density at radius 2 is 1.76 bits per heavy atom. The van der Waals surface area contributed by atoms with E-state index in [4.69, 9.17) is 11.6 Å². The molecule has 0 aromatic carbocycles. The van der Waals surface area contributed by atoms with Crippen molar-refractivity contribution in [2.45, 2.75) is 65.7 Å². The van der Waals surface area contributed by atoms with E-state index in [9.17, 15) is 0 Å². The molecule has 0 spiro atoms. The summed E-state index contributed by atoms with van der Waals surface area (Å²) in [5.74, 6) is 3.75. The largest absolute Gasteiger partial charge is 0.369 e. The second kappa shape index (κ2) is 7.44. The smallest absolute Gasteiger partial charge is 0.137 e. The van der Waals surface area contributed by atoms with Gasteiger partial charge in [0.1, 0.15) is 16.8 Å². The molecule has 0 atom stereocenters. The van der Waals surface area contributed by atoms with Crippen LogP contribution in [0.15, 0.2) is 0 Å². The fourth-order valence-corrected chi connectivity index (χ4v) is 3.20. The summed E-state index contributed by atoms with van der Waals surface area (Å²) in [4.78, 5) is 9.00. The predicted octanol–water partition coefficient (Wildman–Crippen LogP) is 5.19. The summed E-state index contributed by atoms with van der Waals surface area (Å²) in [6.45, 7) is 9.49. The van der Waals surface area contributed by atoms with E-state index in [1.54, 1.807) is 0 Å². The highest BCUT2D eigenvalue weighted by atomic mass is 35.5. The number of anilines is 1. The zero-order valence-corrected chi connectivity index (χ0v) is 14.5. The van der Waals surface area contributed by atoms with Gasteiger partial charge in [0.2, 0.25) is 0 Å². The zero-order valence-electron chi connectivity index (χ0n) is 13.7. The van der Waals surface area contributed by atoms with Crippen molar-refractivity contribution in [3.63, 3.8) is 0 Å². The molecule has 21 heavy (non-hydrogen) atoms. The summed E-state index contributed by atoms with van der Waals surface area (Å²) in [6.07, 6.45) is 6.76. The van der Waals surface area contributed by atoms with Gasteiger partial charge >= 0.3 is 0 Å². The average Bonchev–Trinajstić information content (AvgIpc) is 2.49. The molecule has 1 saturated carbocycles. The maximum Gasteiger partial charge on any atom is 0.137 e. The van der Waals surface area contributed by atoms with Gasteiger partial charge in [0.15, 0.2) is 0 Å². The van der Waals surface area contributed by atoms with Crippen LogP contribution in [0, 0.1) is 18.8 Å². The van der Waals surface area contributed by atoms with Crippen molar-refractivity contribution in [3.8, 4) is 0 Å². The molecule has 3 nitrogen and oxygen atoms in total. The number of nitrogens with zero attached hydrogens (tertiary/aromatic N) is 2. The van der Waals surface area contributed by atoms with Crippen LogP contribution in [0.2, 0.25) is 5.15 Å². The molecule has 0 saturated heterocycles. The SMILES string of the molecule is CCC1CCC(CNc2nc(C(C)C)nc(Cl)c2C)CC1. The van der Waals surface area contributed by atoms with Crippen LogP contribution in [-0.4, -0.2) is 16.5 Å². The molecule has 1 aliphatic carbocycles. The van der Waals surface area contributed by atoms with E-state index in [1.807, 2.05) is 6.92 Å². The van der Waals surface area contributed by atoms with Crippen molar-refractivity contribution in [1.82, 2.24) is 9.97 Å². The fourth-order valence-electron chi connectivity index (χ4n) is 3.02. The molecule has 0 unspecified atom stereocenters. The van der Waals surface area contributed by atoms with E-state index < -0.39 is 0 Å². The Labute approximate surface area is 133 Å². The molecular formula is C17H28ClN3. The van der Waals surface area contributed by atoms with Gasteiger partial charge in [-0.05, 0) is 31.6 Å². The first-order chi connectivity index (χ1) is 10.0. The van der Waals surface area contributed by atoms with Gasteiger partial charge in [-0.2, -0.15) is 0 Å². The van der Waals surface area contributed by atoms with Crippen LogP contribution in [0.25, 0.3) is 0 Å². The normalized spacial score (nSPS) is 22.6. The lowest BCUT2D eigenvalue weighted by Crippen LogP contribution is -2.22. The Morgan fingerprint density at radius 1 is 1.14 bits per heavy atom. The summed E-state index contributed by atoms with van der Waals surface area (Å²) in [5, 5.41) is 4.09. The summed E-state index contributed by atoms with van der Waals surface area (Å²) in [5.41, 5.74) is 0.961. The third-order valence-corrected chi connectivity index (χ3v) is 5.09. The first-order valence-corrected chi connectivity index (χ1v) is 8.66. The van der Waals surface area contributed by atoms with Crippen molar-refractivity contribution < 1.29 is 0 Å². The van der Waals surface area contributed by atoms with Crippen LogP contribution >= 0.6 is 11.6 Å². The van der Waals surface area contributed by atoms with E-state index in [0.29, 0.717) is 11.1 Å². The van der Waals surface area contributed by atoms with E-state index in [0.717, 1.165) is 35.6 Å². The Morgan fingerprint density at radius 3 is 2.33 bits per heavy atom. The van der Waals surface area contributed by atoms with Gasteiger partial charge in [-0.15, -0.1) is 0 Å². The number of halogens is 1. The van der Waals surface area contributed by atoms with Gasteiger partial charge in [0, 0.05) is 18.0 Å². The fraction of sp³-hybridized carbons (Fsp3) is 0.765. The minimum Gasteiger partial charge on any atom is -0.369 e. The molecule has 1 N–H and O–H groups in total. The highest BCUT2D eigenvalue weighted by molar-refractivity contribution is 6.30. The molecular weight excluding hydrogens is 282 g/mol. The van der Waals surface area contributed by atoms with Gasteiger partial charge < -0.3 is 5.32 Å². The van der Waals surface area contributed by atoms with Gasteiger partial charge in [-0.1, -0.05) is 51.6 Å². The Balaban J connectivity index is 1.97. The second-order valence-corrected chi connectivity index (χ2v) is 7.03. The highest BCUT2D eigenvalue weighted by Crippen LogP contribution is 2.31. The third-order valence-electron chi connectivity index (χ3n) is 4.72. The Kier molecular flexibility index (Phi) is 5.86. The quantitative estimate of drug-likeness (QED) is 0.761. The minimum atomic E-state index is 0.295. The van der Waals surface area contributed by atoms with E-state index in [1.165, 1.54) is 32.1 Å². The molecule has 1 heterocycles. The summed E-state index contributed by atoms with van der Waals surface area (Å²) in [7, 11) is 0. The second-order valence-electron chi connectivity index (χ2n) is 6.68. The van der Waals surface area contributed by atoms with E-state index in [2.05, 4.69) is 36.1 Å². The number of hydrogen-bond donors (Lipinski definition) is 1. The van der Waals surface area contributed by atoms with Crippen molar-refractivity contribution >= 4 is 17.4 Å². The molecule has 0 aliphatic heterocycles. The molecule has 1 aromatic heterocycles. The van der Waals surface area contributed by atoms with Crippen molar-refractivity contribution in [3.05, 3.63) is 16.5 Å². The molecule has 0 radical (unpaired) electrons. The van der Waals surface area contributed by atoms with Crippen molar-refractivity contribution in [2.75, 3.05) is 11.9 Å². The lowest BCUT2D eigenvalue weighted by Gasteiger charge is -2.28.